The van der Waals surface area contributed by atoms with Crippen molar-refractivity contribution in [3.63, 3.8) is 0 Å². The van der Waals surface area contributed by atoms with E-state index in [2.05, 4.69) is 12.6 Å². The molecule has 1 rings (SSSR count). The zero-order chi connectivity index (χ0) is 8.43. The molecule has 0 saturated heterocycles. The molecule has 0 aromatic carbocycles. The van der Waals surface area contributed by atoms with Gasteiger partial charge in [-0.2, -0.15) is 12.6 Å². The van der Waals surface area contributed by atoms with Crippen LogP contribution in [-0.4, -0.2) is 21.6 Å². The van der Waals surface area contributed by atoms with Crippen LogP contribution in [0.4, 0.5) is 0 Å². The molecule has 3 atom stereocenters. The van der Waals surface area contributed by atoms with Crippen LogP contribution >= 0.6 is 24.2 Å². The predicted octanol–water partition coefficient (Wildman–Crippen LogP) is 1.72. The van der Waals surface area contributed by atoms with Gasteiger partial charge in [-0.1, -0.05) is 0 Å². The second-order valence-electron chi connectivity index (χ2n) is 2.79. The number of nitrogens with zero attached hydrogens (tertiary/aromatic N) is 1. The molecule has 0 aromatic rings. The molecule has 0 N–H and O–H groups in total. The minimum absolute atomic E-state index is 0.137. The van der Waals surface area contributed by atoms with E-state index in [0.29, 0.717) is 6.42 Å². The van der Waals surface area contributed by atoms with Gasteiger partial charge in [-0.05, 0) is 12.8 Å². The summed E-state index contributed by atoms with van der Waals surface area (Å²) in [6.45, 7) is 0. The zero-order valence-corrected chi connectivity index (χ0v) is 7.59. The molecule has 5 heteroatoms. The Morgan fingerprint density at radius 2 is 2.18 bits per heavy atom. The monoisotopic (exact) mass is 195 g/mol. The summed E-state index contributed by atoms with van der Waals surface area (Å²) < 4.78 is 0. The molecule has 0 heterocycles. The van der Waals surface area contributed by atoms with Crippen LogP contribution in [0.15, 0.2) is 0 Å². The molecule has 0 amide bonds. The number of rotatable bonds is 1. The highest BCUT2D eigenvalue weighted by molar-refractivity contribution is 7.81. The lowest BCUT2D eigenvalue weighted by molar-refractivity contribution is -0.524. The Morgan fingerprint density at radius 3 is 2.64 bits per heavy atom. The minimum Gasteiger partial charge on any atom is -0.264 e. The van der Waals surface area contributed by atoms with Crippen LogP contribution in [0, 0.1) is 10.1 Å². The molecule has 0 radical (unpaired) electrons. The quantitative estimate of drug-likeness (QED) is 0.300. The predicted molar refractivity (Wildman–Crippen MR) is 47.0 cm³/mol. The molecule has 3 nitrogen and oxygen atoms in total. The third kappa shape index (κ3) is 1.99. The first-order valence-corrected chi connectivity index (χ1v) is 4.54. The van der Waals surface area contributed by atoms with E-state index in [0.717, 1.165) is 12.8 Å². The van der Waals surface area contributed by atoms with Gasteiger partial charge in [0.1, 0.15) is 0 Å². The van der Waals surface area contributed by atoms with Gasteiger partial charge in [0.05, 0.1) is 10.6 Å². The van der Waals surface area contributed by atoms with Crippen molar-refractivity contribution in [1.29, 1.82) is 0 Å². The number of halogens is 1. The fourth-order valence-electron chi connectivity index (χ4n) is 1.33. The lowest BCUT2D eigenvalue weighted by Crippen LogP contribution is -2.39. The number of nitro groups is 1. The molecule has 0 aromatic heterocycles. The van der Waals surface area contributed by atoms with E-state index in [-0.39, 0.29) is 15.6 Å². The van der Waals surface area contributed by atoms with Crippen LogP contribution in [0.1, 0.15) is 19.3 Å². The van der Waals surface area contributed by atoms with E-state index in [1.807, 2.05) is 0 Å². The lowest BCUT2D eigenvalue weighted by Gasteiger charge is -2.25. The minimum atomic E-state index is -0.547. The van der Waals surface area contributed by atoms with Crippen LogP contribution in [-0.2, 0) is 0 Å². The van der Waals surface area contributed by atoms with Crippen molar-refractivity contribution in [1.82, 2.24) is 0 Å². The van der Waals surface area contributed by atoms with Crippen molar-refractivity contribution in [3.8, 4) is 0 Å². The Balaban J connectivity index is 2.58. The van der Waals surface area contributed by atoms with Crippen molar-refractivity contribution < 1.29 is 4.92 Å². The Kier molecular flexibility index (Phi) is 3.01. The van der Waals surface area contributed by atoms with Crippen molar-refractivity contribution in [2.24, 2.45) is 0 Å². The van der Waals surface area contributed by atoms with Crippen molar-refractivity contribution in [2.75, 3.05) is 0 Å². The van der Waals surface area contributed by atoms with Crippen LogP contribution < -0.4 is 0 Å². The van der Waals surface area contributed by atoms with Gasteiger partial charge in [-0.15, -0.1) is 11.6 Å². The van der Waals surface area contributed by atoms with Crippen molar-refractivity contribution >= 4 is 24.2 Å². The normalized spacial score (nSPS) is 38.5. The summed E-state index contributed by atoms with van der Waals surface area (Å²) in [4.78, 5) is 10.1. The first kappa shape index (κ1) is 9.13. The van der Waals surface area contributed by atoms with Gasteiger partial charge >= 0.3 is 0 Å². The summed E-state index contributed by atoms with van der Waals surface area (Å²) in [5.41, 5.74) is 0. The average Bonchev–Trinajstić information content (AvgIpc) is 1.94. The second-order valence-corrected chi connectivity index (χ2v) is 3.95. The van der Waals surface area contributed by atoms with E-state index in [4.69, 9.17) is 11.6 Å². The lowest BCUT2D eigenvalue weighted by atomic mass is 9.95. The van der Waals surface area contributed by atoms with Gasteiger partial charge in [-0.25, -0.2) is 0 Å². The Hall–Kier alpha value is 0.0400. The van der Waals surface area contributed by atoms with Crippen LogP contribution in [0.2, 0.25) is 0 Å². The van der Waals surface area contributed by atoms with Gasteiger partial charge in [0.25, 0.3) is 0 Å². The third-order valence-corrected chi connectivity index (χ3v) is 3.38. The highest BCUT2D eigenvalue weighted by Crippen LogP contribution is 2.28. The topological polar surface area (TPSA) is 43.1 Å². The van der Waals surface area contributed by atoms with Gasteiger partial charge in [0.2, 0.25) is 6.04 Å². The fourth-order valence-corrected chi connectivity index (χ4v) is 2.06. The molecule has 1 saturated carbocycles. The maximum absolute atomic E-state index is 10.4. The van der Waals surface area contributed by atoms with Gasteiger partial charge < -0.3 is 0 Å². The molecular formula is C6H10ClNO2S. The highest BCUT2D eigenvalue weighted by atomic mass is 35.5. The average molecular weight is 196 g/mol. The molecular weight excluding hydrogens is 186 g/mol. The SMILES string of the molecule is O=[N+]([O-])C1CCCC(Cl)C1S. The first-order valence-electron chi connectivity index (χ1n) is 3.58. The molecule has 1 fully saturated rings. The summed E-state index contributed by atoms with van der Waals surface area (Å²) in [6, 6.07) is -0.547. The van der Waals surface area contributed by atoms with E-state index in [9.17, 15) is 10.1 Å². The van der Waals surface area contributed by atoms with Crippen LogP contribution in [0.5, 0.6) is 0 Å². The summed E-state index contributed by atoms with van der Waals surface area (Å²) in [5, 5.41) is 9.99. The first-order chi connectivity index (χ1) is 5.13. The van der Waals surface area contributed by atoms with Crippen LogP contribution in [0.3, 0.4) is 0 Å². The van der Waals surface area contributed by atoms with Gasteiger partial charge in [-0.3, -0.25) is 10.1 Å². The highest BCUT2D eigenvalue weighted by Gasteiger charge is 2.37. The zero-order valence-electron chi connectivity index (χ0n) is 5.94. The molecule has 0 bridgehead atoms. The smallest absolute Gasteiger partial charge is 0.226 e. The molecule has 3 unspecified atom stereocenters. The molecule has 64 valence electrons. The Labute approximate surface area is 75.7 Å². The fraction of sp³-hybridized carbons (Fsp3) is 1.00. The summed E-state index contributed by atoms with van der Waals surface area (Å²) in [7, 11) is 0. The number of thiol groups is 1. The van der Waals surface area contributed by atoms with Gasteiger partial charge in [0.15, 0.2) is 0 Å². The summed E-state index contributed by atoms with van der Waals surface area (Å²) in [6.07, 6.45) is 2.31. The molecule has 1 aliphatic rings. The number of hydrogen-bond acceptors (Lipinski definition) is 3. The number of alkyl halides is 1. The Morgan fingerprint density at radius 1 is 1.55 bits per heavy atom. The van der Waals surface area contributed by atoms with E-state index in [1.54, 1.807) is 0 Å². The maximum Gasteiger partial charge on any atom is 0.226 e. The van der Waals surface area contributed by atoms with E-state index in [1.165, 1.54) is 0 Å². The summed E-state index contributed by atoms with van der Waals surface area (Å²) >= 11 is 9.94. The standard InChI is InChI=1S/C6H10ClNO2S/c7-4-2-1-3-5(6(4)11)8(9)10/h4-6,11H,1-3H2. The number of hydrogen-bond donors (Lipinski definition) is 1. The third-order valence-electron chi connectivity index (χ3n) is 2.02. The largest absolute Gasteiger partial charge is 0.264 e. The maximum atomic E-state index is 10.4. The Bertz CT molecular complexity index is 167. The van der Waals surface area contributed by atoms with E-state index >= 15 is 0 Å². The molecule has 0 aliphatic heterocycles. The van der Waals surface area contributed by atoms with Crippen molar-refractivity contribution in [3.05, 3.63) is 10.1 Å². The van der Waals surface area contributed by atoms with Crippen molar-refractivity contribution in [2.45, 2.75) is 35.9 Å². The molecule has 0 spiro atoms. The van der Waals surface area contributed by atoms with E-state index < -0.39 is 6.04 Å². The molecule has 1 aliphatic carbocycles. The summed E-state index contributed by atoms with van der Waals surface area (Å²) in [5.74, 6) is 0. The van der Waals surface area contributed by atoms with Gasteiger partial charge in [0, 0.05) is 11.3 Å². The van der Waals surface area contributed by atoms with Crippen LogP contribution in [0.25, 0.3) is 0 Å². The second kappa shape index (κ2) is 3.63. The molecule has 11 heavy (non-hydrogen) atoms.